The molecule has 0 saturated carbocycles. The summed E-state index contributed by atoms with van der Waals surface area (Å²) in [5, 5.41) is 17.6. The molecule has 0 spiro atoms. The van der Waals surface area contributed by atoms with Crippen molar-refractivity contribution in [1.82, 2.24) is 30.3 Å². The van der Waals surface area contributed by atoms with Gasteiger partial charge in [-0.05, 0) is 10.4 Å². The second-order valence-corrected chi connectivity index (χ2v) is 2.71. The number of tetrazole rings is 1. The lowest BCUT2D eigenvalue weighted by molar-refractivity contribution is 0.388. The zero-order valence-corrected chi connectivity index (χ0v) is 7.80. The van der Waals surface area contributed by atoms with Gasteiger partial charge in [-0.25, -0.2) is 4.68 Å². The van der Waals surface area contributed by atoms with Gasteiger partial charge < -0.3 is 9.84 Å². The summed E-state index contributed by atoms with van der Waals surface area (Å²) in [4.78, 5) is 4.02. The molecule has 8 nitrogen and oxygen atoms in total. The molecule has 0 unspecified atom stereocenters. The van der Waals surface area contributed by atoms with Crippen molar-refractivity contribution in [3.05, 3.63) is 11.7 Å². The Bertz CT molecular complexity index is 419. The molecule has 2 heterocycles. The first-order chi connectivity index (χ1) is 6.75. The van der Waals surface area contributed by atoms with Crippen LogP contribution in [0.25, 0.3) is 0 Å². The highest BCUT2D eigenvalue weighted by Gasteiger charge is 2.04. The van der Waals surface area contributed by atoms with Crippen molar-refractivity contribution in [3.63, 3.8) is 0 Å². The van der Waals surface area contributed by atoms with Gasteiger partial charge in [0.25, 0.3) is 0 Å². The zero-order valence-electron chi connectivity index (χ0n) is 7.80. The molecule has 0 bridgehead atoms. The Kier molecular flexibility index (Phi) is 2.09. The Morgan fingerprint density at radius 1 is 1.50 bits per heavy atom. The summed E-state index contributed by atoms with van der Waals surface area (Å²) in [6.07, 6.45) is 0. The van der Waals surface area contributed by atoms with Crippen molar-refractivity contribution in [2.45, 2.75) is 13.5 Å². The normalized spacial score (nSPS) is 10.4. The number of hydrogen-bond donors (Lipinski definition) is 1. The van der Waals surface area contributed by atoms with Gasteiger partial charge in [0.05, 0.1) is 6.54 Å². The Morgan fingerprint density at radius 2 is 2.36 bits per heavy atom. The average Bonchev–Trinajstić information content (AvgIpc) is 2.72. The van der Waals surface area contributed by atoms with Gasteiger partial charge in [-0.3, -0.25) is 0 Å². The van der Waals surface area contributed by atoms with Crippen LogP contribution < -0.4 is 5.32 Å². The molecule has 0 amide bonds. The van der Waals surface area contributed by atoms with Crippen molar-refractivity contribution < 1.29 is 4.52 Å². The monoisotopic (exact) mass is 195 g/mol. The van der Waals surface area contributed by atoms with E-state index >= 15 is 0 Å². The van der Waals surface area contributed by atoms with E-state index < -0.39 is 0 Å². The van der Waals surface area contributed by atoms with Crippen molar-refractivity contribution in [2.75, 3.05) is 5.32 Å². The Morgan fingerprint density at radius 3 is 2.93 bits per heavy atom. The lowest BCUT2D eigenvalue weighted by atomic mass is 10.6. The molecule has 8 heteroatoms. The summed E-state index contributed by atoms with van der Waals surface area (Å²) in [5.74, 6) is 1.68. The molecule has 2 rings (SSSR count). The van der Waals surface area contributed by atoms with Crippen LogP contribution in [0, 0.1) is 6.92 Å². The molecular formula is C6H9N7O. The van der Waals surface area contributed by atoms with E-state index in [1.165, 1.54) is 4.68 Å². The average molecular weight is 195 g/mol. The van der Waals surface area contributed by atoms with Crippen molar-refractivity contribution in [2.24, 2.45) is 7.05 Å². The summed E-state index contributed by atoms with van der Waals surface area (Å²) in [5.41, 5.74) is 0. The maximum atomic E-state index is 4.81. The van der Waals surface area contributed by atoms with Gasteiger partial charge in [-0.15, -0.1) is 0 Å². The Balaban J connectivity index is 1.98. The number of aryl methyl sites for hydroxylation is 2. The summed E-state index contributed by atoms with van der Waals surface area (Å²) in [6, 6.07) is 0. The largest absolute Gasteiger partial charge is 0.346 e. The lowest BCUT2D eigenvalue weighted by Gasteiger charge is -1.98. The van der Waals surface area contributed by atoms with E-state index in [4.69, 9.17) is 4.52 Å². The molecule has 2 aromatic heterocycles. The lowest BCUT2D eigenvalue weighted by Crippen LogP contribution is -2.06. The minimum Gasteiger partial charge on any atom is -0.346 e. The van der Waals surface area contributed by atoms with Crippen LogP contribution in [-0.2, 0) is 13.6 Å². The quantitative estimate of drug-likeness (QED) is 0.706. The standard InChI is InChI=1S/C6H9N7O/c1-4-8-5(10-14-4)3-7-6-9-11-12-13(6)2/h3H2,1-2H3,(H,7,9,12). The highest BCUT2D eigenvalue weighted by molar-refractivity contribution is 5.21. The first-order valence-electron chi connectivity index (χ1n) is 4.01. The third-order valence-electron chi connectivity index (χ3n) is 1.59. The number of hydrogen-bond acceptors (Lipinski definition) is 7. The number of nitrogens with one attached hydrogen (secondary N) is 1. The fourth-order valence-corrected chi connectivity index (χ4v) is 0.950. The van der Waals surface area contributed by atoms with Crippen molar-refractivity contribution in [1.29, 1.82) is 0 Å². The van der Waals surface area contributed by atoms with Crippen molar-refractivity contribution in [3.8, 4) is 0 Å². The molecule has 0 aliphatic carbocycles. The fraction of sp³-hybridized carbons (Fsp3) is 0.500. The van der Waals surface area contributed by atoms with E-state index in [9.17, 15) is 0 Å². The van der Waals surface area contributed by atoms with Gasteiger partial charge >= 0.3 is 0 Å². The van der Waals surface area contributed by atoms with E-state index in [-0.39, 0.29) is 0 Å². The van der Waals surface area contributed by atoms with Crippen LogP contribution in [0.1, 0.15) is 11.7 Å². The molecular weight excluding hydrogens is 186 g/mol. The van der Waals surface area contributed by atoms with Gasteiger partial charge in [-0.2, -0.15) is 4.98 Å². The van der Waals surface area contributed by atoms with E-state index in [0.717, 1.165) is 0 Å². The van der Waals surface area contributed by atoms with Crippen LogP contribution in [0.3, 0.4) is 0 Å². The first-order valence-corrected chi connectivity index (χ1v) is 4.01. The summed E-state index contributed by atoms with van der Waals surface area (Å²) in [7, 11) is 1.74. The fourth-order valence-electron chi connectivity index (χ4n) is 0.950. The molecule has 1 N–H and O–H groups in total. The van der Waals surface area contributed by atoms with Gasteiger partial charge in [0, 0.05) is 14.0 Å². The van der Waals surface area contributed by atoms with Gasteiger partial charge in [0.15, 0.2) is 5.82 Å². The highest BCUT2D eigenvalue weighted by Crippen LogP contribution is 2.00. The topological polar surface area (TPSA) is 94.6 Å². The summed E-state index contributed by atoms with van der Waals surface area (Å²) >= 11 is 0. The second kappa shape index (κ2) is 3.40. The smallest absolute Gasteiger partial charge is 0.243 e. The van der Waals surface area contributed by atoms with Crippen LogP contribution >= 0.6 is 0 Å². The number of anilines is 1. The molecule has 0 fully saturated rings. The molecule has 0 radical (unpaired) electrons. The van der Waals surface area contributed by atoms with E-state index in [2.05, 4.69) is 31.0 Å². The summed E-state index contributed by atoms with van der Waals surface area (Å²) in [6.45, 7) is 2.17. The predicted octanol–water partition coefficient (Wildman–Crippen LogP) is -0.486. The Labute approximate surface area is 79.3 Å². The molecule has 0 aliphatic rings. The first kappa shape index (κ1) is 8.60. The minimum atomic E-state index is 0.436. The van der Waals surface area contributed by atoms with Crippen LogP contribution in [0.2, 0.25) is 0 Å². The van der Waals surface area contributed by atoms with E-state index in [1.807, 2.05) is 0 Å². The molecule has 0 atom stereocenters. The SMILES string of the molecule is Cc1nc(CNc2nnnn2C)no1. The van der Waals surface area contributed by atoms with Crippen LogP contribution in [-0.4, -0.2) is 30.3 Å². The van der Waals surface area contributed by atoms with Crippen LogP contribution in [0.15, 0.2) is 4.52 Å². The number of nitrogens with zero attached hydrogens (tertiary/aromatic N) is 6. The third-order valence-corrected chi connectivity index (χ3v) is 1.59. The highest BCUT2D eigenvalue weighted by atomic mass is 16.5. The van der Waals surface area contributed by atoms with Crippen LogP contribution in [0.5, 0.6) is 0 Å². The van der Waals surface area contributed by atoms with Crippen molar-refractivity contribution >= 4 is 5.95 Å². The van der Waals surface area contributed by atoms with Gasteiger partial charge in [0.2, 0.25) is 11.8 Å². The predicted molar refractivity (Wildman–Crippen MR) is 45.2 cm³/mol. The third kappa shape index (κ3) is 1.68. The molecule has 14 heavy (non-hydrogen) atoms. The Hall–Kier alpha value is -1.99. The van der Waals surface area contributed by atoms with Gasteiger partial charge in [0.1, 0.15) is 0 Å². The molecule has 0 aliphatic heterocycles. The zero-order chi connectivity index (χ0) is 9.97. The maximum Gasteiger partial charge on any atom is 0.243 e. The van der Waals surface area contributed by atoms with Crippen LogP contribution in [0.4, 0.5) is 5.95 Å². The number of rotatable bonds is 3. The number of aromatic nitrogens is 6. The second-order valence-electron chi connectivity index (χ2n) is 2.71. The molecule has 74 valence electrons. The minimum absolute atomic E-state index is 0.436. The van der Waals surface area contributed by atoms with E-state index in [1.54, 1.807) is 14.0 Å². The van der Waals surface area contributed by atoms with Gasteiger partial charge in [-0.1, -0.05) is 10.3 Å². The molecule has 0 saturated heterocycles. The van der Waals surface area contributed by atoms with E-state index in [0.29, 0.717) is 24.2 Å². The maximum absolute atomic E-state index is 4.81. The molecule has 2 aromatic rings. The summed E-state index contributed by atoms with van der Waals surface area (Å²) < 4.78 is 6.33. The molecule has 0 aromatic carbocycles.